The summed E-state index contributed by atoms with van der Waals surface area (Å²) < 4.78 is 52.2. The number of hydrogen-bond acceptors (Lipinski definition) is 5. The highest BCUT2D eigenvalue weighted by Gasteiger charge is 2.35. The van der Waals surface area contributed by atoms with Crippen LogP contribution < -0.4 is 10.9 Å². The SMILES string of the molecule is C=N/C=C\C=NCc1nc(C(=O)NC(C)(C)c2ccc(C(F)(F)F)c(F)c2)cc(=O)[nH]1. The lowest BCUT2D eigenvalue weighted by molar-refractivity contribution is -0.140. The highest BCUT2D eigenvalue weighted by atomic mass is 19.4. The second-order valence-corrected chi connectivity index (χ2v) is 6.86. The van der Waals surface area contributed by atoms with Crippen molar-refractivity contribution >= 4 is 18.8 Å². The van der Waals surface area contributed by atoms with E-state index in [2.05, 4.69) is 32.0 Å². The maximum absolute atomic E-state index is 13.9. The van der Waals surface area contributed by atoms with Crippen molar-refractivity contribution in [1.29, 1.82) is 0 Å². The molecular formula is C20H19F4N5O2. The lowest BCUT2D eigenvalue weighted by atomic mass is 9.92. The third-order valence-corrected chi connectivity index (χ3v) is 4.07. The fraction of sp³-hybridized carbons (Fsp3) is 0.250. The van der Waals surface area contributed by atoms with E-state index in [0.29, 0.717) is 12.1 Å². The monoisotopic (exact) mass is 437 g/mol. The number of carbonyl (C=O) groups is 1. The molecule has 0 aliphatic carbocycles. The van der Waals surface area contributed by atoms with Crippen molar-refractivity contribution in [1.82, 2.24) is 15.3 Å². The number of aromatic amines is 1. The van der Waals surface area contributed by atoms with E-state index in [4.69, 9.17) is 0 Å². The van der Waals surface area contributed by atoms with E-state index in [9.17, 15) is 27.2 Å². The Morgan fingerprint density at radius 2 is 2.00 bits per heavy atom. The number of amides is 1. The molecule has 31 heavy (non-hydrogen) atoms. The second kappa shape index (κ2) is 9.45. The van der Waals surface area contributed by atoms with Gasteiger partial charge in [-0.3, -0.25) is 19.6 Å². The number of hydrogen-bond donors (Lipinski definition) is 2. The molecule has 1 amide bonds. The summed E-state index contributed by atoms with van der Waals surface area (Å²) in [5, 5.41) is 2.54. The molecule has 11 heteroatoms. The molecule has 164 valence electrons. The Morgan fingerprint density at radius 3 is 2.61 bits per heavy atom. The zero-order valence-corrected chi connectivity index (χ0v) is 16.6. The van der Waals surface area contributed by atoms with E-state index in [1.807, 2.05) is 0 Å². The molecule has 7 nitrogen and oxygen atoms in total. The molecule has 0 fully saturated rings. The maximum Gasteiger partial charge on any atom is 0.419 e. The number of rotatable bonds is 7. The first-order valence-corrected chi connectivity index (χ1v) is 8.85. The largest absolute Gasteiger partial charge is 0.419 e. The van der Waals surface area contributed by atoms with E-state index in [1.54, 1.807) is 0 Å². The minimum atomic E-state index is -4.83. The molecule has 0 atom stereocenters. The number of aromatic nitrogens is 2. The number of benzene rings is 1. The predicted octanol–water partition coefficient (Wildman–Crippen LogP) is 3.38. The van der Waals surface area contributed by atoms with Crippen LogP contribution in [0, 0.1) is 5.82 Å². The van der Waals surface area contributed by atoms with Crippen LogP contribution in [0.2, 0.25) is 0 Å². The zero-order chi connectivity index (χ0) is 23.2. The molecule has 0 bridgehead atoms. The maximum atomic E-state index is 13.9. The van der Waals surface area contributed by atoms with Crippen molar-refractivity contribution < 1.29 is 22.4 Å². The van der Waals surface area contributed by atoms with Crippen molar-refractivity contribution in [3.05, 3.63) is 75.4 Å². The summed E-state index contributed by atoms with van der Waals surface area (Å²) in [6.45, 7) is 6.19. The number of aliphatic imine (C=N–C) groups is 2. The van der Waals surface area contributed by atoms with Gasteiger partial charge in [0.05, 0.1) is 17.6 Å². The number of alkyl halides is 3. The van der Waals surface area contributed by atoms with Gasteiger partial charge >= 0.3 is 6.18 Å². The second-order valence-electron chi connectivity index (χ2n) is 6.86. The first kappa shape index (κ1) is 23.6. The number of nitrogens with zero attached hydrogens (tertiary/aromatic N) is 3. The lowest BCUT2D eigenvalue weighted by Crippen LogP contribution is -2.42. The Balaban J connectivity index is 2.22. The third-order valence-electron chi connectivity index (χ3n) is 4.07. The molecule has 0 saturated heterocycles. The molecule has 0 spiro atoms. The van der Waals surface area contributed by atoms with Crippen LogP contribution in [-0.4, -0.2) is 28.8 Å². The molecule has 2 N–H and O–H groups in total. The summed E-state index contributed by atoms with van der Waals surface area (Å²) in [6, 6.07) is 3.35. The van der Waals surface area contributed by atoms with Crippen LogP contribution in [0.4, 0.5) is 17.6 Å². The summed E-state index contributed by atoms with van der Waals surface area (Å²) >= 11 is 0. The van der Waals surface area contributed by atoms with Crippen molar-refractivity contribution in [3.8, 4) is 0 Å². The Morgan fingerprint density at radius 1 is 1.29 bits per heavy atom. The number of carbonyl (C=O) groups excluding carboxylic acids is 1. The number of H-pyrrole nitrogens is 1. The Kier molecular flexibility index (Phi) is 7.21. The Bertz CT molecular complexity index is 1090. The smallest absolute Gasteiger partial charge is 0.342 e. The summed E-state index contributed by atoms with van der Waals surface area (Å²) in [6.07, 6.45) is -0.519. The van der Waals surface area contributed by atoms with Crippen LogP contribution in [0.5, 0.6) is 0 Å². The molecule has 1 aromatic heterocycles. The third kappa shape index (κ3) is 6.43. The average molecular weight is 437 g/mol. The summed E-state index contributed by atoms with van der Waals surface area (Å²) in [5.74, 6) is -2.10. The molecule has 0 aliphatic rings. The fourth-order valence-electron chi connectivity index (χ4n) is 2.55. The van der Waals surface area contributed by atoms with Gasteiger partial charge in [-0.15, -0.1) is 0 Å². The number of nitrogens with one attached hydrogen (secondary N) is 2. The minimum absolute atomic E-state index is 0.0225. The van der Waals surface area contributed by atoms with Gasteiger partial charge in [-0.25, -0.2) is 9.37 Å². The van der Waals surface area contributed by atoms with Gasteiger partial charge in [-0.1, -0.05) is 6.07 Å². The van der Waals surface area contributed by atoms with Crippen LogP contribution in [0.1, 0.15) is 41.3 Å². The van der Waals surface area contributed by atoms with Crippen molar-refractivity contribution in [2.45, 2.75) is 32.1 Å². The van der Waals surface area contributed by atoms with Gasteiger partial charge in [-0.05, 0) is 44.3 Å². The molecule has 0 saturated carbocycles. The van der Waals surface area contributed by atoms with Crippen LogP contribution >= 0.6 is 0 Å². The Hall–Kier alpha value is -3.63. The average Bonchev–Trinajstić information content (AvgIpc) is 2.66. The normalized spacial score (nSPS) is 12.5. The summed E-state index contributed by atoms with van der Waals surface area (Å²) in [4.78, 5) is 38.4. The van der Waals surface area contributed by atoms with Gasteiger partial charge in [-0.2, -0.15) is 13.2 Å². The summed E-state index contributed by atoms with van der Waals surface area (Å²) in [5.41, 5.74) is -3.38. The topological polar surface area (TPSA) is 99.6 Å². The van der Waals surface area contributed by atoms with Crippen LogP contribution in [-0.2, 0) is 18.3 Å². The molecule has 1 aromatic carbocycles. The van der Waals surface area contributed by atoms with E-state index in [-0.39, 0.29) is 23.6 Å². The van der Waals surface area contributed by atoms with Crippen molar-refractivity contribution in [2.24, 2.45) is 9.98 Å². The quantitative estimate of drug-likeness (QED) is 0.513. The van der Waals surface area contributed by atoms with Crippen molar-refractivity contribution in [3.63, 3.8) is 0 Å². The van der Waals surface area contributed by atoms with Crippen molar-refractivity contribution in [2.75, 3.05) is 0 Å². The van der Waals surface area contributed by atoms with Gasteiger partial charge in [0.25, 0.3) is 11.5 Å². The minimum Gasteiger partial charge on any atom is -0.342 e. The highest BCUT2D eigenvalue weighted by molar-refractivity contribution is 5.92. The van der Waals surface area contributed by atoms with Gasteiger partial charge in [0.2, 0.25) is 0 Å². The summed E-state index contributed by atoms with van der Waals surface area (Å²) in [7, 11) is 0. The first-order valence-electron chi connectivity index (χ1n) is 8.85. The molecule has 0 aliphatic heterocycles. The van der Waals surface area contributed by atoms with Crippen LogP contribution in [0.25, 0.3) is 0 Å². The van der Waals surface area contributed by atoms with Gasteiger partial charge in [0, 0.05) is 18.5 Å². The van der Waals surface area contributed by atoms with Gasteiger partial charge in [0.15, 0.2) is 0 Å². The molecular weight excluding hydrogens is 418 g/mol. The van der Waals surface area contributed by atoms with E-state index >= 15 is 0 Å². The fourth-order valence-corrected chi connectivity index (χ4v) is 2.55. The van der Waals surface area contributed by atoms with Gasteiger partial charge in [0.1, 0.15) is 17.3 Å². The molecule has 1 heterocycles. The molecule has 2 rings (SSSR count). The zero-order valence-electron chi connectivity index (χ0n) is 16.6. The Labute approximate surface area is 174 Å². The predicted molar refractivity (Wildman–Crippen MR) is 108 cm³/mol. The number of halogens is 4. The van der Waals surface area contributed by atoms with Crippen LogP contribution in [0.3, 0.4) is 0 Å². The first-order chi connectivity index (χ1) is 14.4. The van der Waals surface area contributed by atoms with E-state index in [0.717, 1.165) is 12.1 Å². The molecule has 2 aromatic rings. The standard InChI is InChI=1S/C20H19F4N5O2/c1-19(2,12-5-6-13(14(21)9-12)20(22,23)24)29-18(31)15-10-17(30)28-16(27-15)11-26-8-4-7-25-3/h4-10H,3,11H2,1-2H3,(H,29,31)(H,27,28,30)/b7-4-,26-8?. The molecule has 0 radical (unpaired) electrons. The van der Waals surface area contributed by atoms with Gasteiger partial charge < -0.3 is 10.3 Å². The highest BCUT2D eigenvalue weighted by Crippen LogP contribution is 2.33. The van der Waals surface area contributed by atoms with Crippen LogP contribution in [0.15, 0.2) is 51.3 Å². The molecule has 0 unspecified atom stereocenters. The van der Waals surface area contributed by atoms with E-state index in [1.165, 1.54) is 32.3 Å². The lowest BCUT2D eigenvalue weighted by Gasteiger charge is -2.27. The number of allylic oxidation sites excluding steroid dienone is 1. The van der Waals surface area contributed by atoms with E-state index < -0.39 is 34.6 Å².